The Kier molecular flexibility index (Phi) is 5.31. The lowest BCUT2D eigenvalue weighted by molar-refractivity contribution is -0.136. The average molecular weight is 364 g/mol. The number of ether oxygens (including phenoxy) is 1. The molecule has 2 amide bonds. The van der Waals surface area contributed by atoms with E-state index in [1.54, 1.807) is 7.11 Å². The molecule has 0 aliphatic carbocycles. The molecule has 0 fully saturated rings. The fourth-order valence-electron chi connectivity index (χ4n) is 3.10. The van der Waals surface area contributed by atoms with E-state index in [1.165, 1.54) is 4.90 Å². The number of anilines is 1. The Balaban J connectivity index is 2.06. The Hall–Kier alpha value is -3.08. The lowest BCUT2D eigenvalue weighted by Crippen LogP contribution is -2.33. The fourth-order valence-corrected chi connectivity index (χ4v) is 3.10. The quantitative estimate of drug-likeness (QED) is 0.790. The van der Waals surface area contributed by atoms with Crippen LogP contribution < -0.4 is 10.1 Å². The second-order valence-electron chi connectivity index (χ2n) is 6.66. The van der Waals surface area contributed by atoms with Crippen LogP contribution in [0.25, 0.3) is 5.57 Å². The van der Waals surface area contributed by atoms with Crippen molar-refractivity contribution in [2.45, 2.75) is 27.2 Å². The smallest absolute Gasteiger partial charge is 0.278 e. The number of benzene rings is 2. The molecule has 140 valence electrons. The van der Waals surface area contributed by atoms with E-state index in [1.807, 2.05) is 63.2 Å². The number of imide groups is 1. The van der Waals surface area contributed by atoms with Crippen molar-refractivity contribution in [1.29, 1.82) is 0 Å². The minimum Gasteiger partial charge on any atom is -0.497 e. The van der Waals surface area contributed by atoms with Crippen LogP contribution in [-0.4, -0.2) is 30.4 Å². The van der Waals surface area contributed by atoms with E-state index in [0.29, 0.717) is 24.2 Å². The van der Waals surface area contributed by atoms with Gasteiger partial charge in [-0.15, -0.1) is 0 Å². The highest BCUT2D eigenvalue weighted by molar-refractivity contribution is 6.36. The highest BCUT2D eigenvalue weighted by Gasteiger charge is 2.38. The summed E-state index contributed by atoms with van der Waals surface area (Å²) in [6, 6.07) is 13.1. The summed E-state index contributed by atoms with van der Waals surface area (Å²) < 4.78 is 5.17. The zero-order valence-corrected chi connectivity index (χ0v) is 16.1. The van der Waals surface area contributed by atoms with E-state index >= 15 is 0 Å². The summed E-state index contributed by atoms with van der Waals surface area (Å²) >= 11 is 0. The Bertz CT molecular complexity index is 914. The van der Waals surface area contributed by atoms with Crippen LogP contribution in [0.15, 0.2) is 48.2 Å². The Morgan fingerprint density at radius 3 is 2.26 bits per heavy atom. The van der Waals surface area contributed by atoms with Crippen LogP contribution in [0, 0.1) is 13.8 Å². The van der Waals surface area contributed by atoms with Gasteiger partial charge in [0.25, 0.3) is 11.8 Å². The SMILES string of the molecule is CCCN1C(=O)C(Nc2ccc(OC)cc2)=C(c2ccc(C)c(C)c2)C1=O. The van der Waals surface area contributed by atoms with Crippen molar-refractivity contribution >= 4 is 23.1 Å². The molecule has 0 saturated heterocycles. The fraction of sp³-hybridized carbons (Fsp3) is 0.273. The number of nitrogens with zero attached hydrogens (tertiary/aromatic N) is 1. The van der Waals surface area contributed by atoms with Crippen molar-refractivity contribution in [1.82, 2.24) is 4.90 Å². The van der Waals surface area contributed by atoms with E-state index in [4.69, 9.17) is 4.74 Å². The maximum absolute atomic E-state index is 13.0. The standard InChI is InChI=1S/C22H24N2O3/c1-5-12-24-21(25)19(16-7-6-14(2)15(3)13-16)20(22(24)26)23-17-8-10-18(27-4)11-9-17/h6-11,13,23H,5,12H2,1-4H3. The van der Waals surface area contributed by atoms with Gasteiger partial charge in [0.05, 0.1) is 12.7 Å². The van der Waals surface area contributed by atoms with Crippen molar-refractivity contribution in [2.24, 2.45) is 0 Å². The first-order valence-electron chi connectivity index (χ1n) is 9.05. The van der Waals surface area contributed by atoms with Gasteiger partial charge in [-0.25, -0.2) is 0 Å². The minimum atomic E-state index is -0.286. The largest absolute Gasteiger partial charge is 0.497 e. The van der Waals surface area contributed by atoms with Crippen LogP contribution in [-0.2, 0) is 9.59 Å². The molecule has 1 aliphatic heterocycles. The molecule has 1 heterocycles. The topological polar surface area (TPSA) is 58.6 Å². The number of carbonyl (C=O) groups excluding carboxylic acids is 2. The second kappa shape index (κ2) is 7.66. The molecule has 5 heteroatoms. The van der Waals surface area contributed by atoms with E-state index in [0.717, 1.165) is 28.1 Å². The van der Waals surface area contributed by atoms with E-state index in [-0.39, 0.29) is 11.8 Å². The third-order valence-electron chi connectivity index (χ3n) is 4.77. The van der Waals surface area contributed by atoms with Crippen molar-refractivity contribution in [3.05, 3.63) is 64.9 Å². The highest BCUT2D eigenvalue weighted by Crippen LogP contribution is 2.31. The molecular formula is C22H24N2O3. The molecule has 2 aromatic rings. The van der Waals surface area contributed by atoms with Crippen LogP contribution in [0.5, 0.6) is 5.75 Å². The van der Waals surface area contributed by atoms with Crippen molar-refractivity contribution < 1.29 is 14.3 Å². The number of methoxy groups -OCH3 is 1. The first kappa shape index (κ1) is 18.7. The summed E-state index contributed by atoms with van der Waals surface area (Å²) in [5.74, 6) is 0.192. The van der Waals surface area contributed by atoms with Crippen molar-refractivity contribution in [3.63, 3.8) is 0 Å². The lowest BCUT2D eigenvalue weighted by Gasteiger charge is -2.14. The maximum atomic E-state index is 13.0. The molecule has 0 spiro atoms. The zero-order valence-electron chi connectivity index (χ0n) is 16.1. The number of amides is 2. The molecule has 27 heavy (non-hydrogen) atoms. The van der Waals surface area contributed by atoms with Gasteiger partial charge in [-0.2, -0.15) is 0 Å². The molecule has 2 aromatic carbocycles. The van der Waals surface area contributed by atoms with Crippen molar-refractivity contribution in [2.75, 3.05) is 19.0 Å². The summed E-state index contributed by atoms with van der Waals surface area (Å²) in [7, 11) is 1.60. The minimum absolute atomic E-state index is 0.249. The molecule has 0 saturated carbocycles. The van der Waals surface area contributed by atoms with E-state index in [9.17, 15) is 9.59 Å². The monoisotopic (exact) mass is 364 g/mol. The first-order valence-corrected chi connectivity index (χ1v) is 9.05. The normalized spacial score (nSPS) is 14.1. The summed E-state index contributed by atoms with van der Waals surface area (Å²) in [6.45, 7) is 6.38. The number of rotatable bonds is 6. The van der Waals surface area contributed by atoms with Gasteiger partial charge in [-0.3, -0.25) is 14.5 Å². The Labute approximate surface area is 159 Å². The van der Waals surface area contributed by atoms with Gasteiger partial charge in [-0.05, 0) is 61.2 Å². The molecule has 0 bridgehead atoms. The number of hydrogen-bond donors (Lipinski definition) is 1. The van der Waals surface area contributed by atoms with Gasteiger partial charge in [0.1, 0.15) is 11.4 Å². The first-order chi connectivity index (χ1) is 13.0. The third-order valence-corrected chi connectivity index (χ3v) is 4.77. The predicted molar refractivity (Wildman–Crippen MR) is 106 cm³/mol. The molecule has 1 N–H and O–H groups in total. The number of aryl methyl sites for hydroxylation is 2. The zero-order chi connectivity index (χ0) is 19.6. The molecule has 0 radical (unpaired) electrons. The average Bonchev–Trinajstić information content (AvgIpc) is 2.89. The molecule has 0 atom stereocenters. The third kappa shape index (κ3) is 3.58. The molecule has 0 aromatic heterocycles. The Morgan fingerprint density at radius 1 is 0.963 bits per heavy atom. The van der Waals surface area contributed by atoms with E-state index in [2.05, 4.69) is 5.32 Å². The van der Waals surface area contributed by atoms with Gasteiger partial charge < -0.3 is 10.1 Å². The lowest BCUT2D eigenvalue weighted by atomic mass is 9.99. The summed E-state index contributed by atoms with van der Waals surface area (Å²) in [5, 5.41) is 3.16. The summed E-state index contributed by atoms with van der Waals surface area (Å²) in [5.41, 5.74) is 4.45. The van der Waals surface area contributed by atoms with Crippen LogP contribution in [0.3, 0.4) is 0 Å². The van der Waals surface area contributed by atoms with Crippen molar-refractivity contribution in [3.8, 4) is 5.75 Å². The summed E-state index contributed by atoms with van der Waals surface area (Å²) in [4.78, 5) is 27.2. The molecule has 3 rings (SSSR count). The maximum Gasteiger partial charge on any atom is 0.278 e. The Morgan fingerprint density at radius 2 is 1.67 bits per heavy atom. The molecule has 0 unspecified atom stereocenters. The predicted octanol–water partition coefficient (Wildman–Crippen LogP) is 3.91. The van der Waals surface area contributed by atoms with E-state index < -0.39 is 0 Å². The van der Waals surface area contributed by atoms with Crippen LogP contribution in [0.2, 0.25) is 0 Å². The molecule has 5 nitrogen and oxygen atoms in total. The summed E-state index contributed by atoms with van der Waals surface area (Å²) in [6.07, 6.45) is 0.716. The number of carbonyl (C=O) groups is 2. The second-order valence-corrected chi connectivity index (χ2v) is 6.66. The van der Waals surface area contributed by atoms with Crippen LogP contribution in [0.4, 0.5) is 5.69 Å². The van der Waals surface area contributed by atoms with Gasteiger partial charge in [-0.1, -0.05) is 25.1 Å². The highest BCUT2D eigenvalue weighted by atomic mass is 16.5. The van der Waals surface area contributed by atoms with Gasteiger partial charge >= 0.3 is 0 Å². The molecule has 1 aliphatic rings. The van der Waals surface area contributed by atoms with Crippen LogP contribution >= 0.6 is 0 Å². The van der Waals surface area contributed by atoms with Gasteiger partial charge in [0, 0.05) is 12.2 Å². The van der Waals surface area contributed by atoms with Gasteiger partial charge in [0.2, 0.25) is 0 Å². The number of nitrogens with one attached hydrogen (secondary N) is 1. The number of hydrogen-bond acceptors (Lipinski definition) is 4. The van der Waals surface area contributed by atoms with Crippen LogP contribution in [0.1, 0.15) is 30.0 Å². The molecular weight excluding hydrogens is 340 g/mol. The van der Waals surface area contributed by atoms with Gasteiger partial charge in [0.15, 0.2) is 0 Å².